The zero-order valence-electron chi connectivity index (χ0n) is 14.8. The van der Waals surface area contributed by atoms with Crippen molar-refractivity contribution >= 4 is 16.9 Å². The van der Waals surface area contributed by atoms with Gasteiger partial charge in [-0.1, -0.05) is 6.92 Å². The SMILES string of the molecule is Cc1nn(C)c2nc(C3CC3)cc(C(=O)NC3CCC(C)CC3)c12. The molecular weight excluding hydrogens is 300 g/mol. The lowest BCUT2D eigenvalue weighted by molar-refractivity contribution is 0.0924. The van der Waals surface area contributed by atoms with Crippen molar-refractivity contribution in [2.45, 2.75) is 64.3 Å². The Bertz CT molecular complexity index is 782. The summed E-state index contributed by atoms with van der Waals surface area (Å²) in [5.41, 5.74) is 3.52. The number of hydrogen-bond acceptors (Lipinski definition) is 3. The highest BCUT2D eigenvalue weighted by Gasteiger charge is 2.29. The van der Waals surface area contributed by atoms with Gasteiger partial charge in [-0.2, -0.15) is 5.10 Å². The summed E-state index contributed by atoms with van der Waals surface area (Å²) in [5.74, 6) is 1.35. The largest absolute Gasteiger partial charge is 0.349 e. The number of carbonyl (C=O) groups excluding carboxylic acids is 1. The van der Waals surface area contributed by atoms with Crippen LogP contribution in [0.4, 0.5) is 0 Å². The molecule has 0 bridgehead atoms. The first kappa shape index (κ1) is 15.6. The van der Waals surface area contributed by atoms with Crippen LogP contribution in [0, 0.1) is 12.8 Å². The number of nitrogens with one attached hydrogen (secondary N) is 1. The van der Waals surface area contributed by atoms with Crippen LogP contribution in [0.1, 0.15) is 73.1 Å². The highest BCUT2D eigenvalue weighted by Crippen LogP contribution is 2.40. The molecule has 0 radical (unpaired) electrons. The number of fused-ring (bicyclic) bond motifs is 1. The zero-order valence-corrected chi connectivity index (χ0v) is 14.8. The van der Waals surface area contributed by atoms with Gasteiger partial charge in [0.2, 0.25) is 0 Å². The lowest BCUT2D eigenvalue weighted by Crippen LogP contribution is -2.37. The molecule has 2 heterocycles. The molecule has 2 fully saturated rings. The highest BCUT2D eigenvalue weighted by atomic mass is 16.1. The van der Waals surface area contributed by atoms with E-state index in [2.05, 4.69) is 17.3 Å². The molecule has 2 aromatic rings. The fourth-order valence-electron chi connectivity index (χ4n) is 3.90. The molecule has 0 unspecified atom stereocenters. The lowest BCUT2D eigenvalue weighted by atomic mass is 9.87. The third kappa shape index (κ3) is 2.80. The highest BCUT2D eigenvalue weighted by molar-refractivity contribution is 6.06. The van der Waals surface area contributed by atoms with Crippen LogP contribution < -0.4 is 5.32 Å². The van der Waals surface area contributed by atoms with Gasteiger partial charge in [0.25, 0.3) is 5.91 Å². The molecule has 128 valence electrons. The second-order valence-electron chi connectivity index (χ2n) is 7.71. The average molecular weight is 326 g/mol. The molecule has 0 saturated heterocycles. The van der Waals surface area contributed by atoms with E-state index in [1.54, 1.807) is 4.68 Å². The molecule has 4 rings (SSSR count). The molecule has 5 heteroatoms. The van der Waals surface area contributed by atoms with E-state index in [-0.39, 0.29) is 5.91 Å². The number of hydrogen-bond donors (Lipinski definition) is 1. The molecule has 2 aromatic heterocycles. The van der Waals surface area contributed by atoms with Gasteiger partial charge in [-0.3, -0.25) is 9.48 Å². The Morgan fingerprint density at radius 3 is 2.58 bits per heavy atom. The molecule has 1 amide bonds. The van der Waals surface area contributed by atoms with Crippen LogP contribution in [0.15, 0.2) is 6.07 Å². The van der Waals surface area contributed by atoms with Crippen molar-refractivity contribution in [2.75, 3.05) is 0 Å². The Morgan fingerprint density at radius 1 is 1.21 bits per heavy atom. The van der Waals surface area contributed by atoms with Crippen LogP contribution in [-0.4, -0.2) is 26.7 Å². The van der Waals surface area contributed by atoms with Crippen molar-refractivity contribution in [3.05, 3.63) is 23.0 Å². The van der Waals surface area contributed by atoms with E-state index in [0.29, 0.717) is 12.0 Å². The topological polar surface area (TPSA) is 59.8 Å². The minimum absolute atomic E-state index is 0.0416. The van der Waals surface area contributed by atoms with Crippen molar-refractivity contribution < 1.29 is 4.79 Å². The Hall–Kier alpha value is -1.91. The first-order chi connectivity index (χ1) is 11.5. The summed E-state index contributed by atoms with van der Waals surface area (Å²) >= 11 is 0. The summed E-state index contributed by atoms with van der Waals surface area (Å²) in [5, 5.41) is 8.66. The number of pyridine rings is 1. The van der Waals surface area contributed by atoms with E-state index in [9.17, 15) is 4.79 Å². The Labute approximate surface area is 142 Å². The molecule has 0 spiro atoms. The Balaban J connectivity index is 1.67. The van der Waals surface area contributed by atoms with Gasteiger partial charge in [0, 0.05) is 24.7 Å². The normalized spacial score (nSPS) is 24.3. The smallest absolute Gasteiger partial charge is 0.252 e. The summed E-state index contributed by atoms with van der Waals surface area (Å²) in [6.45, 7) is 4.26. The number of rotatable bonds is 3. The molecule has 2 aliphatic rings. The predicted octanol–water partition coefficient (Wildman–Crippen LogP) is 3.46. The zero-order chi connectivity index (χ0) is 16.8. The van der Waals surface area contributed by atoms with Crippen LogP contribution in [0.5, 0.6) is 0 Å². The van der Waals surface area contributed by atoms with Gasteiger partial charge in [0.1, 0.15) is 0 Å². The van der Waals surface area contributed by atoms with Gasteiger partial charge < -0.3 is 5.32 Å². The molecule has 24 heavy (non-hydrogen) atoms. The fourth-order valence-corrected chi connectivity index (χ4v) is 3.90. The monoisotopic (exact) mass is 326 g/mol. The molecular formula is C19H26N4O. The van der Waals surface area contributed by atoms with Crippen molar-refractivity contribution in [1.29, 1.82) is 0 Å². The summed E-state index contributed by atoms with van der Waals surface area (Å²) in [4.78, 5) is 17.8. The van der Waals surface area contributed by atoms with Crippen molar-refractivity contribution in [1.82, 2.24) is 20.1 Å². The Morgan fingerprint density at radius 2 is 1.92 bits per heavy atom. The molecule has 5 nitrogen and oxygen atoms in total. The van der Waals surface area contributed by atoms with Crippen LogP contribution in [0.25, 0.3) is 11.0 Å². The summed E-state index contributed by atoms with van der Waals surface area (Å²) < 4.78 is 1.80. The number of amides is 1. The second-order valence-corrected chi connectivity index (χ2v) is 7.71. The molecule has 0 atom stereocenters. The van der Waals surface area contributed by atoms with Crippen LogP contribution in [0.2, 0.25) is 0 Å². The standard InChI is InChI=1S/C19H26N4O/c1-11-4-8-14(9-5-11)20-19(24)15-10-16(13-6-7-13)21-18-17(15)12(2)22-23(18)3/h10-11,13-14H,4-9H2,1-3H3,(H,20,24). The van der Waals surface area contributed by atoms with Gasteiger partial charge in [0.05, 0.1) is 16.6 Å². The average Bonchev–Trinajstić information content (AvgIpc) is 3.36. The van der Waals surface area contributed by atoms with Gasteiger partial charge in [0.15, 0.2) is 5.65 Å². The molecule has 1 N–H and O–H groups in total. The number of aryl methyl sites for hydroxylation is 2. The van der Waals surface area contributed by atoms with E-state index in [0.717, 1.165) is 46.7 Å². The molecule has 2 saturated carbocycles. The van der Waals surface area contributed by atoms with E-state index in [1.807, 2.05) is 20.0 Å². The molecule has 0 aliphatic heterocycles. The van der Waals surface area contributed by atoms with Crippen LogP contribution in [-0.2, 0) is 7.05 Å². The maximum absolute atomic E-state index is 13.0. The quantitative estimate of drug-likeness (QED) is 0.939. The summed E-state index contributed by atoms with van der Waals surface area (Å²) in [6, 6.07) is 2.31. The second kappa shape index (κ2) is 5.87. The van der Waals surface area contributed by atoms with Crippen LogP contribution in [0.3, 0.4) is 0 Å². The third-order valence-electron chi connectivity index (χ3n) is 5.58. The van der Waals surface area contributed by atoms with Gasteiger partial charge in [-0.25, -0.2) is 4.98 Å². The fraction of sp³-hybridized carbons (Fsp3) is 0.632. The number of nitrogens with zero attached hydrogens (tertiary/aromatic N) is 3. The first-order valence-corrected chi connectivity index (χ1v) is 9.18. The van der Waals surface area contributed by atoms with Gasteiger partial charge in [-0.15, -0.1) is 0 Å². The van der Waals surface area contributed by atoms with Gasteiger partial charge >= 0.3 is 0 Å². The lowest BCUT2D eigenvalue weighted by Gasteiger charge is -2.27. The number of carbonyl (C=O) groups is 1. The summed E-state index contributed by atoms with van der Waals surface area (Å²) in [6.07, 6.45) is 6.94. The maximum atomic E-state index is 13.0. The van der Waals surface area contributed by atoms with E-state index < -0.39 is 0 Å². The number of aromatic nitrogens is 3. The van der Waals surface area contributed by atoms with Crippen molar-refractivity contribution in [3.63, 3.8) is 0 Å². The van der Waals surface area contributed by atoms with Crippen molar-refractivity contribution in [3.8, 4) is 0 Å². The molecule has 2 aliphatic carbocycles. The first-order valence-electron chi connectivity index (χ1n) is 9.18. The predicted molar refractivity (Wildman–Crippen MR) is 94.1 cm³/mol. The third-order valence-corrected chi connectivity index (χ3v) is 5.58. The maximum Gasteiger partial charge on any atom is 0.252 e. The minimum Gasteiger partial charge on any atom is -0.349 e. The van der Waals surface area contributed by atoms with Crippen molar-refractivity contribution in [2.24, 2.45) is 13.0 Å². The van der Waals surface area contributed by atoms with E-state index in [4.69, 9.17) is 4.98 Å². The van der Waals surface area contributed by atoms with Gasteiger partial charge in [-0.05, 0) is 57.4 Å². The Kier molecular flexibility index (Phi) is 3.82. The van der Waals surface area contributed by atoms with E-state index >= 15 is 0 Å². The minimum atomic E-state index is 0.0416. The van der Waals surface area contributed by atoms with E-state index in [1.165, 1.54) is 25.7 Å². The van der Waals surface area contributed by atoms with Crippen LogP contribution >= 0.6 is 0 Å². The molecule has 0 aromatic carbocycles. The summed E-state index contributed by atoms with van der Waals surface area (Å²) in [7, 11) is 1.91.